The number of rotatable bonds is 3. The van der Waals surface area contributed by atoms with Crippen LogP contribution in [0.2, 0.25) is 0 Å². The highest BCUT2D eigenvalue weighted by molar-refractivity contribution is 9.10. The van der Waals surface area contributed by atoms with Crippen LogP contribution in [0.4, 0.5) is 0 Å². The van der Waals surface area contributed by atoms with Crippen molar-refractivity contribution in [3.63, 3.8) is 0 Å². The van der Waals surface area contributed by atoms with Gasteiger partial charge in [0.25, 0.3) is 5.56 Å². The monoisotopic (exact) mass is 320 g/mol. The van der Waals surface area contributed by atoms with Gasteiger partial charge in [-0.05, 0) is 34.2 Å². The van der Waals surface area contributed by atoms with Crippen molar-refractivity contribution in [2.24, 2.45) is 5.41 Å². The van der Waals surface area contributed by atoms with Crippen LogP contribution in [0.1, 0.15) is 12.8 Å². The molecule has 76 valence electrons. The first-order valence-electron chi connectivity index (χ1n) is 4.43. The molecule has 0 aromatic carbocycles. The van der Waals surface area contributed by atoms with Gasteiger partial charge in [0, 0.05) is 18.1 Å². The molecule has 0 radical (unpaired) electrons. The molecule has 2 rings (SSSR count). The molecule has 1 aliphatic carbocycles. The molecule has 14 heavy (non-hydrogen) atoms. The van der Waals surface area contributed by atoms with Gasteiger partial charge in [-0.15, -0.1) is 0 Å². The van der Waals surface area contributed by atoms with Crippen LogP contribution in [-0.4, -0.2) is 14.9 Å². The second-order valence-electron chi connectivity index (χ2n) is 3.81. The smallest absolute Gasteiger partial charge is 0.267 e. The van der Waals surface area contributed by atoms with Gasteiger partial charge < -0.3 is 0 Å². The summed E-state index contributed by atoms with van der Waals surface area (Å²) in [5.41, 5.74) is 0.305. The van der Waals surface area contributed by atoms with Gasteiger partial charge in [-0.1, -0.05) is 15.9 Å². The molecule has 0 spiro atoms. The highest BCUT2D eigenvalue weighted by Gasteiger charge is 2.41. The van der Waals surface area contributed by atoms with Gasteiger partial charge in [0.05, 0.1) is 6.33 Å². The summed E-state index contributed by atoms with van der Waals surface area (Å²) in [6, 6.07) is 0. The Hall–Kier alpha value is -0.160. The lowest BCUT2D eigenvalue weighted by Gasteiger charge is -2.12. The summed E-state index contributed by atoms with van der Waals surface area (Å²) in [6.45, 7) is 0.767. The molecule has 0 aliphatic heterocycles. The van der Waals surface area contributed by atoms with Crippen molar-refractivity contribution in [1.29, 1.82) is 0 Å². The van der Waals surface area contributed by atoms with Gasteiger partial charge in [-0.2, -0.15) is 0 Å². The lowest BCUT2D eigenvalue weighted by Crippen LogP contribution is -2.25. The van der Waals surface area contributed by atoms with E-state index in [2.05, 4.69) is 36.8 Å². The van der Waals surface area contributed by atoms with Crippen molar-refractivity contribution in [1.82, 2.24) is 9.55 Å². The molecule has 1 aromatic rings. The molecule has 0 atom stereocenters. The summed E-state index contributed by atoms with van der Waals surface area (Å²) in [5.74, 6) is 0. The maximum atomic E-state index is 11.7. The van der Waals surface area contributed by atoms with Gasteiger partial charge in [-0.3, -0.25) is 9.36 Å². The van der Waals surface area contributed by atoms with Crippen molar-refractivity contribution in [3.8, 4) is 0 Å². The minimum absolute atomic E-state index is 0.00669. The summed E-state index contributed by atoms with van der Waals surface area (Å²) in [4.78, 5) is 15.6. The zero-order valence-electron chi connectivity index (χ0n) is 7.54. The fraction of sp³-hybridized carbons (Fsp3) is 0.556. The standard InChI is InChI=1S/C9H10Br2N2O/c10-4-9(1-2-9)5-13-6-12-3-7(11)8(13)14/h3,6H,1-2,4-5H2. The van der Waals surface area contributed by atoms with E-state index in [9.17, 15) is 4.79 Å². The fourth-order valence-electron chi connectivity index (χ4n) is 1.41. The zero-order valence-corrected chi connectivity index (χ0v) is 10.7. The molecule has 0 unspecified atom stereocenters. The van der Waals surface area contributed by atoms with Crippen LogP contribution >= 0.6 is 31.9 Å². The van der Waals surface area contributed by atoms with Crippen molar-refractivity contribution < 1.29 is 0 Å². The molecular formula is C9H10Br2N2O. The van der Waals surface area contributed by atoms with Crippen LogP contribution in [0, 0.1) is 5.41 Å². The van der Waals surface area contributed by atoms with Gasteiger partial charge in [0.15, 0.2) is 0 Å². The van der Waals surface area contributed by atoms with E-state index in [-0.39, 0.29) is 5.56 Å². The molecule has 5 heteroatoms. The normalized spacial score (nSPS) is 18.1. The van der Waals surface area contributed by atoms with Crippen molar-refractivity contribution in [2.45, 2.75) is 19.4 Å². The predicted octanol–water partition coefficient (Wildman–Crippen LogP) is 2.18. The maximum Gasteiger partial charge on any atom is 0.267 e. The second kappa shape index (κ2) is 3.77. The molecule has 3 nitrogen and oxygen atoms in total. The fourth-order valence-corrected chi connectivity index (χ4v) is 2.49. The number of alkyl halides is 1. The minimum Gasteiger partial charge on any atom is -0.298 e. The lowest BCUT2D eigenvalue weighted by atomic mass is 10.1. The van der Waals surface area contributed by atoms with E-state index >= 15 is 0 Å². The van der Waals surface area contributed by atoms with E-state index in [0.717, 1.165) is 11.9 Å². The summed E-state index contributed by atoms with van der Waals surface area (Å²) in [7, 11) is 0. The third-order valence-electron chi connectivity index (χ3n) is 2.61. The van der Waals surface area contributed by atoms with Crippen molar-refractivity contribution >= 4 is 31.9 Å². The SMILES string of the molecule is O=c1c(Br)cncn1CC1(CBr)CC1. The van der Waals surface area contributed by atoms with Gasteiger partial charge >= 0.3 is 0 Å². The molecule has 1 saturated carbocycles. The van der Waals surface area contributed by atoms with E-state index in [4.69, 9.17) is 0 Å². The Kier molecular flexibility index (Phi) is 2.79. The Bertz CT molecular complexity index is 398. The number of nitrogens with zero attached hydrogens (tertiary/aromatic N) is 2. The lowest BCUT2D eigenvalue weighted by molar-refractivity contribution is 0.460. The Morgan fingerprint density at radius 1 is 1.57 bits per heavy atom. The molecular weight excluding hydrogens is 312 g/mol. The summed E-state index contributed by atoms with van der Waals surface area (Å²) < 4.78 is 2.21. The van der Waals surface area contributed by atoms with Gasteiger partial charge in [0.1, 0.15) is 4.47 Å². The molecule has 0 N–H and O–H groups in total. The molecule has 1 fully saturated rings. The summed E-state index contributed by atoms with van der Waals surface area (Å²) >= 11 is 6.67. The Morgan fingerprint density at radius 2 is 2.29 bits per heavy atom. The van der Waals surface area contributed by atoms with Crippen molar-refractivity contribution in [3.05, 3.63) is 27.4 Å². The average molecular weight is 322 g/mol. The third-order valence-corrected chi connectivity index (χ3v) is 4.34. The number of hydrogen-bond acceptors (Lipinski definition) is 2. The van der Waals surface area contributed by atoms with E-state index in [0.29, 0.717) is 9.89 Å². The summed E-state index contributed by atoms with van der Waals surface area (Å²) in [5, 5.41) is 0.957. The van der Waals surface area contributed by atoms with E-state index in [1.165, 1.54) is 19.0 Å². The number of hydrogen-bond donors (Lipinski definition) is 0. The molecule has 0 amide bonds. The van der Waals surface area contributed by atoms with Crippen LogP contribution in [-0.2, 0) is 6.54 Å². The van der Waals surface area contributed by atoms with Crippen LogP contribution in [0.5, 0.6) is 0 Å². The molecule has 0 bridgehead atoms. The Labute approximate surface area is 98.8 Å². The minimum atomic E-state index is 0.00669. The van der Waals surface area contributed by atoms with Crippen LogP contribution in [0.15, 0.2) is 21.8 Å². The van der Waals surface area contributed by atoms with Crippen molar-refractivity contribution in [2.75, 3.05) is 5.33 Å². The molecule has 1 aliphatic rings. The molecule has 1 aromatic heterocycles. The maximum absolute atomic E-state index is 11.7. The van der Waals surface area contributed by atoms with Crippen LogP contribution < -0.4 is 5.56 Å². The van der Waals surface area contributed by atoms with E-state index < -0.39 is 0 Å². The van der Waals surface area contributed by atoms with E-state index in [1.54, 1.807) is 10.9 Å². The highest BCUT2D eigenvalue weighted by Crippen LogP contribution is 2.48. The predicted molar refractivity (Wildman–Crippen MR) is 61.7 cm³/mol. The first-order chi connectivity index (χ1) is 6.67. The molecule has 1 heterocycles. The Morgan fingerprint density at radius 3 is 2.86 bits per heavy atom. The summed E-state index contributed by atoms with van der Waals surface area (Å²) in [6.07, 6.45) is 5.52. The van der Waals surface area contributed by atoms with Gasteiger partial charge in [-0.25, -0.2) is 4.98 Å². The third kappa shape index (κ3) is 1.93. The van der Waals surface area contributed by atoms with E-state index in [1.807, 2.05) is 0 Å². The quantitative estimate of drug-likeness (QED) is 0.800. The van der Waals surface area contributed by atoms with Crippen LogP contribution in [0.3, 0.4) is 0 Å². The zero-order chi connectivity index (χ0) is 10.2. The second-order valence-corrected chi connectivity index (χ2v) is 5.22. The highest BCUT2D eigenvalue weighted by atomic mass is 79.9. The van der Waals surface area contributed by atoms with Gasteiger partial charge in [0.2, 0.25) is 0 Å². The number of halogens is 2. The first kappa shape index (κ1) is 10.4. The largest absolute Gasteiger partial charge is 0.298 e. The number of aromatic nitrogens is 2. The Balaban J connectivity index is 2.25. The van der Waals surface area contributed by atoms with Crippen LogP contribution in [0.25, 0.3) is 0 Å². The first-order valence-corrected chi connectivity index (χ1v) is 6.34. The average Bonchev–Trinajstić information content (AvgIpc) is 2.94. The molecule has 0 saturated heterocycles. The topological polar surface area (TPSA) is 34.9 Å².